The van der Waals surface area contributed by atoms with Gasteiger partial charge in [0.15, 0.2) is 0 Å². The van der Waals surface area contributed by atoms with Crippen molar-refractivity contribution in [3.63, 3.8) is 0 Å². The van der Waals surface area contributed by atoms with Crippen molar-refractivity contribution in [3.05, 3.63) is 15.6 Å². The van der Waals surface area contributed by atoms with Crippen molar-refractivity contribution in [2.45, 2.75) is 52.0 Å². The summed E-state index contributed by atoms with van der Waals surface area (Å²) >= 11 is 1.69. The topological polar surface area (TPSA) is 53.4 Å². The normalized spacial score (nSPS) is 17.3. The first kappa shape index (κ1) is 14.5. The molecule has 4 nitrogen and oxygen atoms in total. The summed E-state index contributed by atoms with van der Waals surface area (Å²) in [5.41, 5.74) is 0.776. The van der Waals surface area contributed by atoms with E-state index in [1.165, 1.54) is 25.7 Å². The third-order valence-corrected chi connectivity index (χ3v) is 4.74. The van der Waals surface area contributed by atoms with Gasteiger partial charge >= 0.3 is 5.97 Å². The maximum atomic E-state index is 10.9. The van der Waals surface area contributed by atoms with E-state index in [9.17, 15) is 4.79 Å². The Kier molecular flexibility index (Phi) is 5.34. The predicted molar refractivity (Wildman–Crippen MR) is 76.6 cm³/mol. The van der Waals surface area contributed by atoms with Crippen LogP contribution in [-0.2, 0) is 24.2 Å². The van der Waals surface area contributed by atoms with E-state index in [2.05, 4.69) is 16.8 Å². The minimum Gasteiger partial charge on any atom is -0.481 e. The SMILES string of the molecule is CCc1nc(CC(=O)O)c(CN2CCCCCC2)s1. The zero-order valence-electron chi connectivity index (χ0n) is 11.5. The van der Waals surface area contributed by atoms with E-state index in [1.54, 1.807) is 11.3 Å². The molecule has 2 heterocycles. The van der Waals surface area contributed by atoms with Crippen molar-refractivity contribution in [2.24, 2.45) is 0 Å². The van der Waals surface area contributed by atoms with Crippen LogP contribution in [0.3, 0.4) is 0 Å². The average molecular weight is 282 g/mol. The van der Waals surface area contributed by atoms with E-state index < -0.39 is 5.97 Å². The highest BCUT2D eigenvalue weighted by molar-refractivity contribution is 7.11. The molecule has 0 amide bonds. The molecule has 1 saturated heterocycles. The summed E-state index contributed by atoms with van der Waals surface area (Å²) in [7, 11) is 0. The zero-order valence-corrected chi connectivity index (χ0v) is 12.3. The first-order valence-electron chi connectivity index (χ1n) is 7.10. The minimum atomic E-state index is -0.787. The third kappa shape index (κ3) is 4.28. The highest BCUT2D eigenvalue weighted by atomic mass is 32.1. The minimum absolute atomic E-state index is 0.0552. The molecule has 1 fully saturated rings. The number of likely N-dealkylation sites (tertiary alicyclic amines) is 1. The van der Waals surface area contributed by atoms with Gasteiger partial charge in [-0.05, 0) is 32.4 Å². The van der Waals surface area contributed by atoms with Crippen LogP contribution in [0.2, 0.25) is 0 Å². The standard InChI is InChI=1S/C14H22N2O2S/c1-2-13-15-11(9-14(17)18)12(19-13)10-16-7-5-3-4-6-8-16/h2-10H2,1H3,(H,17,18). The van der Waals surface area contributed by atoms with E-state index in [0.717, 1.165) is 41.6 Å². The molecule has 0 atom stereocenters. The maximum absolute atomic E-state index is 10.9. The molecule has 0 radical (unpaired) electrons. The number of carboxylic acid groups (broad SMARTS) is 1. The van der Waals surface area contributed by atoms with Crippen molar-refractivity contribution in [1.82, 2.24) is 9.88 Å². The number of nitrogens with zero attached hydrogens (tertiary/aromatic N) is 2. The van der Waals surface area contributed by atoms with Gasteiger partial charge in [0.1, 0.15) is 0 Å². The summed E-state index contributed by atoms with van der Waals surface area (Å²) in [6.45, 7) is 5.21. The Balaban J connectivity index is 2.08. The largest absolute Gasteiger partial charge is 0.481 e. The summed E-state index contributed by atoms with van der Waals surface area (Å²) < 4.78 is 0. The van der Waals surface area contributed by atoms with Crippen molar-refractivity contribution in [3.8, 4) is 0 Å². The molecule has 1 aromatic heterocycles. The molecule has 1 aromatic rings. The van der Waals surface area contributed by atoms with Gasteiger partial charge in [0, 0.05) is 11.4 Å². The highest BCUT2D eigenvalue weighted by Gasteiger charge is 2.17. The smallest absolute Gasteiger partial charge is 0.309 e. The molecule has 106 valence electrons. The summed E-state index contributed by atoms with van der Waals surface area (Å²) in [6.07, 6.45) is 6.10. The van der Waals surface area contributed by atoms with Crippen molar-refractivity contribution in [2.75, 3.05) is 13.1 Å². The quantitative estimate of drug-likeness (QED) is 0.902. The van der Waals surface area contributed by atoms with E-state index in [4.69, 9.17) is 5.11 Å². The lowest BCUT2D eigenvalue weighted by atomic mass is 10.2. The Morgan fingerprint density at radius 3 is 2.58 bits per heavy atom. The monoisotopic (exact) mass is 282 g/mol. The summed E-state index contributed by atoms with van der Waals surface area (Å²) in [6, 6.07) is 0. The number of carbonyl (C=O) groups is 1. The highest BCUT2D eigenvalue weighted by Crippen LogP contribution is 2.23. The Hall–Kier alpha value is -0.940. The van der Waals surface area contributed by atoms with Crippen LogP contribution in [0.5, 0.6) is 0 Å². The Morgan fingerprint density at radius 2 is 2.00 bits per heavy atom. The number of thiazole rings is 1. The molecule has 19 heavy (non-hydrogen) atoms. The Bertz CT molecular complexity index is 423. The van der Waals surface area contributed by atoms with Crippen molar-refractivity contribution in [1.29, 1.82) is 0 Å². The molecule has 0 aromatic carbocycles. The second-order valence-electron chi connectivity index (χ2n) is 5.09. The molecule has 0 saturated carbocycles. The fourth-order valence-corrected chi connectivity index (χ4v) is 3.56. The molecule has 1 aliphatic heterocycles. The van der Waals surface area contributed by atoms with Crippen LogP contribution < -0.4 is 0 Å². The van der Waals surface area contributed by atoms with Gasteiger partial charge in [-0.15, -0.1) is 11.3 Å². The van der Waals surface area contributed by atoms with Crippen LogP contribution in [0.4, 0.5) is 0 Å². The number of rotatable bonds is 5. The lowest BCUT2D eigenvalue weighted by Gasteiger charge is -2.19. The van der Waals surface area contributed by atoms with Gasteiger partial charge in [-0.3, -0.25) is 9.69 Å². The predicted octanol–water partition coefficient (Wildman–Crippen LogP) is 2.71. The number of hydrogen-bond acceptors (Lipinski definition) is 4. The first-order valence-corrected chi connectivity index (χ1v) is 7.92. The number of hydrogen-bond donors (Lipinski definition) is 1. The Labute approximate surface area is 118 Å². The lowest BCUT2D eigenvalue weighted by molar-refractivity contribution is -0.136. The van der Waals surface area contributed by atoms with Crippen LogP contribution in [-0.4, -0.2) is 34.0 Å². The molecule has 0 unspecified atom stereocenters. The summed E-state index contributed by atoms with van der Waals surface area (Å²) in [5, 5.41) is 10.0. The molecule has 1 aliphatic rings. The molecule has 1 N–H and O–H groups in total. The van der Waals surface area contributed by atoms with Crippen molar-refractivity contribution < 1.29 is 9.90 Å². The zero-order chi connectivity index (χ0) is 13.7. The average Bonchev–Trinajstić information content (AvgIpc) is 2.59. The summed E-state index contributed by atoms with van der Waals surface area (Å²) in [5.74, 6) is -0.787. The lowest BCUT2D eigenvalue weighted by Crippen LogP contribution is -2.24. The van der Waals surface area contributed by atoms with E-state index in [1.807, 2.05) is 0 Å². The van der Waals surface area contributed by atoms with Gasteiger partial charge < -0.3 is 5.11 Å². The van der Waals surface area contributed by atoms with Gasteiger partial charge in [-0.1, -0.05) is 19.8 Å². The molecule has 0 bridgehead atoms. The second-order valence-corrected chi connectivity index (χ2v) is 6.26. The van der Waals surface area contributed by atoms with Crippen LogP contribution in [0.15, 0.2) is 0 Å². The first-order chi connectivity index (χ1) is 9.19. The molecule has 0 aliphatic carbocycles. The molecular weight excluding hydrogens is 260 g/mol. The van der Waals surface area contributed by atoms with Gasteiger partial charge in [-0.25, -0.2) is 4.98 Å². The Morgan fingerprint density at radius 1 is 1.32 bits per heavy atom. The van der Waals surface area contributed by atoms with Gasteiger partial charge in [0.2, 0.25) is 0 Å². The number of aliphatic carboxylic acids is 1. The fraction of sp³-hybridized carbons (Fsp3) is 0.714. The van der Waals surface area contributed by atoms with Gasteiger partial charge in [0.25, 0.3) is 0 Å². The summed E-state index contributed by atoms with van der Waals surface area (Å²) in [4.78, 5) is 19.0. The van der Waals surface area contributed by atoms with Crippen LogP contribution in [0, 0.1) is 0 Å². The van der Waals surface area contributed by atoms with Crippen LogP contribution in [0.25, 0.3) is 0 Å². The molecule has 2 rings (SSSR count). The van der Waals surface area contributed by atoms with Gasteiger partial charge in [-0.2, -0.15) is 0 Å². The number of carboxylic acids is 1. The maximum Gasteiger partial charge on any atom is 0.309 e. The molecule has 0 spiro atoms. The van der Waals surface area contributed by atoms with E-state index in [-0.39, 0.29) is 6.42 Å². The molecular formula is C14H22N2O2S. The van der Waals surface area contributed by atoms with E-state index in [0.29, 0.717) is 0 Å². The molecule has 5 heteroatoms. The van der Waals surface area contributed by atoms with Crippen molar-refractivity contribution >= 4 is 17.3 Å². The van der Waals surface area contributed by atoms with Gasteiger partial charge in [0.05, 0.1) is 17.1 Å². The van der Waals surface area contributed by atoms with Crippen LogP contribution in [0.1, 0.15) is 48.2 Å². The number of aryl methyl sites for hydroxylation is 1. The van der Waals surface area contributed by atoms with Crippen LogP contribution >= 0.6 is 11.3 Å². The third-order valence-electron chi connectivity index (χ3n) is 3.51. The number of aromatic nitrogens is 1. The van der Waals surface area contributed by atoms with E-state index >= 15 is 0 Å². The fourth-order valence-electron chi connectivity index (χ4n) is 2.49. The second kappa shape index (κ2) is 7.01.